The molecule has 0 aromatic heterocycles. The number of hydrogen-bond acceptors (Lipinski definition) is 3. The van der Waals surface area contributed by atoms with E-state index in [0.29, 0.717) is 19.3 Å². The first-order chi connectivity index (χ1) is 5.20. The molecule has 0 saturated carbocycles. The number of aliphatic hydroxyl groups is 1. The molecule has 0 rings (SSSR count). The Morgan fingerprint density at radius 3 is 2.55 bits per heavy atom. The summed E-state index contributed by atoms with van der Waals surface area (Å²) in [7, 11) is 1.36. The van der Waals surface area contributed by atoms with Gasteiger partial charge in [0.15, 0.2) is 0 Å². The average Bonchev–Trinajstić information content (AvgIpc) is 2.01. The van der Waals surface area contributed by atoms with E-state index in [9.17, 15) is 4.79 Å². The Bertz CT molecular complexity index is 140. The van der Waals surface area contributed by atoms with Gasteiger partial charge in [-0.05, 0) is 12.8 Å². The fourth-order valence-electron chi connectivity index (χ4n) is 0.664. The lowest BCUT2D eigenvalue weighted by molar-refractivity contribution is -0.140. The molecule has 3 heteroatoms. The fourth-order valence-corrected chi connectivity index (χ4v) is 0.664. The Hall–Kier alpha value is -0.830. The van der Waals surface area contributed by atoms with Gasteiger partial charge in [-0.3, -0.25) is 4.79 Å². The van der Waals surface area contributed by atoms with E-state index in [2.05, 4.69) is 11.3 Å². The number of hydrogen-bond donors (Lipinski definition) is 1. The van der Waals surface area contributed by atoms with Gasteiger partial charge in [-0.1, -0.05) is 12.2 Å². The van der Waals surface area contributed by atoms with Crippen LogP contribution in [0.3, 0.4) is 0 Å². The molecule has 0 aromatic carbocycles. The number of ether oxygens (including phenoxy) is 1. The van der Waals surface area contributed by atoms with Crippen molar-refractivity contribution in [3.05, 3.63) is 12.2 Å². The number of esters is 1. The number of aliphatic hydroxyl groups excluding tert-OH is 1. The van der Waals surface area contributed by atoms with Gasteiger partial charge in [0.05, 0.1) is 7.11 Å². The van der Waals surface area contributed by atoms with Crippen molar-refractivity contribution in [3.63, 3.8) is 0 Å². The number of carbonyl (C=O) groups excluding carboxylic acids is 1. The molecule has 0 heterocycles. The maximum Gasteiger partial charge on any atom is 0.305 e. The van der Waals surface area contributed by atoms with Gasteiger partial charge >= 0.3 is 5.97 Å². The Balaban J connectivity index is 3.38. The second-order valence-electron chi connectivity index (χ2n) is 2.30. The molecule has 0 radical (unpaired) electrons. The fraction of sp³-hybridized carbons (Fsp3) is 0.625. The normalized spacial score (nSPS) is 9.27. The van der Waals surface area contributed by atoms with Crippen molar-refractivity contribution in [1.82, 2.24) is 0 Å². The van der Waals surface area contributed by atoms with Crippen LogP contribution in [-0.2, 0) is 9.53 Å². The number of rotatable bonds is 5. The summed E-state index contributed by atoms with van der Waals surface area (Å²) in [6, 6.07) is 0. The van der Waals surface area contributed by atoms with Crippen molar-refractivity contribution in [2.24, 2.45) is 0 Å². The monoisotopic (exact) mass is 158 g/mol. The second kappa shape index (κ2) is 5.92. The lowest BCUT2D eigenvalue weighted by atomic mass is 10.1. The van der Waals surface area contributed by atoms with E-state index in [4.69, 9.17) is 5.11 Å². The summed E-state index contributed by atoms with van der Waals surface area (Å²) < 4.78 is 4.44. The van der Waals surface area contributed by atoms with Gasteiger partial charge in [-0.2, -0.15) is 0 Å². The van der Waals surface area contributed by atoms with E-state index < -0.39 is 0 Å². The summed E-state index contributed by atoms with van der Waals surface area (Å²) in [5.74, 6) is -0.232. The highest BCUT2D eigenvalue weighted by atomic mass is 16.5. The minimum atomic E-state index is -0.232. The molecule has 11 heavy (non-hydrogen) atoms. The first-order valence-electron chi connectivity index (χ1n) is 3.55. The van der Waals surface area contributed by atoms with E-state index in [0.717, 1.165) is 5.57 Å². The lowest BCUT2D eigenvalue weighted by Crippen LogP contribution is -2.00. The van der Waals surface area contributed by atoms with E-state index in [1.807, 2.05) is 0 Å². The third-order valence-corrected chi connectivity index (χ3v) is 1.38. The summed E-state index contributed by atoms with van der Waals surface area (Å²) >= 11 is 0. The summed E-state index contributed by atoms with van der Waals surface area (Å²) in [4.78, 5) is 10.6. The molecule has 0 aromatic rings. The van der Waals surface area contributed by atoms with Crippen molar-refractivity contribution in [1.29, 1.82) is 0 Å². The minimum Gasteiger partial charge on any atom is -0.469 e. The quantitative estimate of drug-likeness (QED) is 0.477. The number of methoxy groups -OCH3 is 1. The summed E-state index contributed by atoms with van der Waals surface area (Å²) in [5, 5.41) is 8.48. The first kappa shape index (κ1) is 10.2. The Morgan fingerprint density at radius 1 is 1.45 bits per heavy atom. The van der Waals surface area contributed by atoms with Crippen LogP contribution in [0.4, 0.5) is 0 Å². The van der Waals surface area contributed by atoms with E-state index in [-0.39, 0.29) is 12.6 Å². The molecule has 0 bridgehead atoms. The van der Waals surface area contributed by atoms with Crippen LogP contribution in [0.15, 0.2) is 12.2 Å². The van der Waals surface area contributed by atoms with Crippen LogP contribution < -0.4 is 0 Å². The Kier molecular flexibility index (Phi) is 5.47. The van der Waals surface area contributed by atoms with Gasteiger partial charge in [-0.25, -0.2) is 0 Å². The topological polar surface area (TPSA) is 46.5 Å². The molecular formula is C8H14O3. The van der Waals surface area contributed by atoms with Crippen LogP contribution in [0, 0.1) is 0 Å². The molecule has 64 valence electrons. The van der Waals surface area contributed by atoms with E-state index in [1.54, 1.807) is 0 Å². The predicted molar refractivity (Wildman–Crippen MR) is 42.1 cm³/mol. The van der Waals surface area contributed by atoms with Gasteiger partial charge in [0.2, 0.25) is 0 Å². The minimum absolute atomic E-state index is 0.0972. The van der Waals surface area contributed by atoms with Gasteiger partial charge in [0, 0.05) is 13.0 Å². The van der Waals surface area contributed by atoms with Crippen molar-refractivity contribution in [2.45, 2.75) is 19.3 Å². The largest absolute Gasteiger partial charge is 0.469 e. The Labute approximate surface area is 66.7 Å². The van der Waals surface area contributed by atoms with Gasteiger partial charge in [0.25, 0.3) is 0 Å². The maximum atomic E-state index is 10.6. The SMILES string of the molecule is C=C(CCO)CCC(=O)OC. The summed E-state index contributed by atoms with van der Waals surface area (Å²) in [6.45, 7) is 3.78. The zero-order valence-electron chi connectivity index (χ0n) is 6.80. The van der Waals surface area contributed by atoms with Crippen LogP contribution in [0.5, 0.6) is 0 Å². The van der Waals surface area contributed by atoms with Crippen LogP contribution in [0.1, 0.15) is 19.3 Å². The molecule has 0 aliphatic carbocycles. The van der Waals surface area contributed by atoms with Crippen LogP contribution in [0.25, 0.3) is 0 Å². The third-order valence-electron chi connectivity index (χ3n) is 1.38. The highest BCUT2D eigenvalue weighted by Gasteiger charge is 2.00. The van der Waals surface area contributed by atoms with Gasteiger partial charge in [-0.15, -0.1) is 0 Å². The molecule has 0 unspecified atom stereocenters. The molecule has 0 aliphatic heterocycles. The Morgan fingerprint density at radius 2 is 2.09 bits per heavy atom. The zero-order chi connectivity index (χ0) is 8.69. The van der Waals surface area contributed by atoms with Crippen LogP contribution >= 0.6 is 0 Å². The smallest absolute Gasteiger partial charge is 0.305 e. The van der Waals surface area contributed by atoms with Gasteiger partial charge < -0.3 is 9.84 Å². The van der Waals surface area contributed by atoms with Crippen molar-refractivity contribution in [3.8, 4) is 0 Å². The van der Waals surface area contributed by atoms with Crippen LogP contribution in [-0.4, -0.2) is 24.8 Å². The molecule has 1 N–H and O–H groups in total. The van der Waals surface area contributed by atoms with E-state index in [1.165, 1.54) is 7.11 Å². The average molecular weight is 158 g/mol. The van der Waals surface area contributed by atoms with Gasteiger partial charge in [0.1, 0.15) is 0 Å². The molecule has 0 atom stereocenters. The second-order valence-corrected chi connectivity index (χ2v) is 2.30. The molecule has 0 amide bonds. The molecule has 0 fully saturated rings. The van der Waals surface area contributed by atoms with Crippen LogP contribution in [0.2, 0.25) is 0 Å². The highest BCUT2D eigenvalue weighted by Crippen LogP contribution is 2.06. The van der Waals surface area contributed by atoms with E-state index >= 15 is 0 Å². The molecular weight excluding hydrogens is 144 g/mol. The molecule has 0 saturated heterocycles. The predicted octanol–water partition coefficient (Wildman–Crippen LogP) is 0.878. The highest BCUT2D eigenvalue weighted by molar-refractivity contribution is 5.69. The van der Waals surface area contributed by atoms with Crippen molar-refractivity contribution < 1.29 is 14.6 Å². The molecule has 0 aliphatic rings. The molecule has 0 spiro atoms. The summed E-state index contributed by atoms with van der Waals surface area (Å²) in [6.07, 6.45) is 1.53. The standard InChI is InChI=1S/C8H14O3/c1-7(5-6-9)3-4-8(10)11-2/h9H,1,3-6H2,2H3. The van der Waals surface area contributed by atoms with Crippen molar-refractivity contribution >= 4 is 5.97 Å². The number of carbonyl (C=O) groups is 1. The zero-order valence-corrected chi connectivity index (χ0v) is 6.80. The summed E-state index contributed by atoms with van der Waals surface area (Å²) in [5.41, 5.74) is 0.887. The third kappa shape index (κ3) is 5.61. The maximum absolute atomic E-state index is 10.6. The first-order valence-corrected chi connectivity index (χ1v) is 3.55. The molecule has 3 nitrogen and oxygen atoms in total. The lowest BCUT2D eigenvalue weighted by Gasteiger charge is -2.01. The van der Waals surface area contributed by atoms with Crippen molar-refractivity contribution in [2.75, 3.05) is 13.7 Å².